The van der Waals surface area contributed by atoms with Crippen LogP contribution in [0.1, 0.15) is 49.1 Å². The van der Waals surface area contributed by atoms with Crippen LogP contribution in [-0.4, -0.2) is 64.9 Å². The Morgan fingerprint density at radius 1 is 1.03 bits per heavy atom. The maximum Gasteiger partial charge on any atom is 0.407 e. The zero-order valence-corrected chi connectivity index (χ0v) is 19.0. The molecule has 1 fully saturated rings. The molecule has 1 heterocycles. The van der Waals surface area contributed by atoms with Gasteiger partial charge in [-0.15, -0.1) is 0 Å². The number of hydrogen-bond donors (Lipinski definition) is 3. The molecule has 8 heteroatoms. The highest BCUT2D eigenvalue weighted by atomic mass is 16.5. The Kier molecular flexibility index (Phi) is 7.47. The maximum absolute atomic E-state index is 12.6. The van der Waals surface area contributed by atoms with Crippen molar-refractivity contribution in [1.82, 2.24) is 10.2 Å². The molecule has 0 bridgehead atoms. The average Bonchev–Trinajstić information content (AvgIpc) is 3.15. The zero-order chi connectivity index (χ0) is 24.1. The molecule has 0 spiro atoms. The van der Waals surface area contributed by atoms with Gasteiger partial charge in [0.25, 0.3) is 0 Å². The average molecular weight is 467 g/mol. The van der Waals surface area contributed by atoms with E-state index in [1.54, 1.807) is 4.90 Å². The molecule has 8 nitrogen and oxygen atoms in total. The number of aliphatic hydroxyl groups excluding tert-OH is 1. The van der Waals surface area contributed by atoms with Crippen molar-refractivity contribution in [3.63, 3.8) is 0 Å². The fraction of sp³-hybridized carbons (Fsp3) is 0.423. The number of aliphatic hydroxyl groups is 1. The van der Waals surface area contributed by atoms with Crippen molar-refractivity contribution >= 4 is 18.0 Å². The predicted octanol–water partition coefficient (Wildman–Crippen LogP) is 3.13. The van der Waals surface area contributed by atoms with E-state index in [1.165, 1.54) is 0 Å². The molecule has 2 atom stereocenters. The number of carboxylic acids is 1. The van der Waals surface area contributed by atoms with Crippen LogP contribution in [0.15, 0.2) is 48.5 Å². The number of amides is 2. The number of benzene rings is 2. The predicted molar refractivity (Wildman–Crippen MR) is 125 cm³/mol. The highest BCUT2D eigenvalue weighted by molar-refractivity contribution is 5.79. The highest BCUT2D eigenvalue weighted by Crippen LogP contribution is 2.44. The molecule has 2 aromatic carbocycles. The topological polar surface area (TPSA) is 116 Å². The van der Waals surface area contributed by atoms with Crippen LogP contribution in [0.5, 0.6) is 0 Å². The van der Waals surface area contributed by atoms with Gasteiger partial charge in [0.05, 0.1) is 18.9 Å². The van der Waals surface area contributed by atoms with Crippen LogP contribution in [0.4, 0.5) is 4.79 Å². The van der Waals surface area contributed by atoms with E-state index in [1.807, 2.05) is 36.4 Å². The molecule has 0 radical (unpaired) electrons. The minimum atomic E-state index is -1.08. The summed E-state index contributed by atoms with van der Waals surface area (Å²) in [4.78, 5) is 37.5. The van der Waals surface area contributed by atoms with Crippen LogP contribution in [0.25, 0.3) is 11.1 Å². The molecular weight excluding hydrogens is 436 g/mol. The lowest BCUT2D eigenvalue weighted by atomic mass is 9.98. The van der Waals surface area contributed by atoms with E-state index in [-0.39, 0.29) is 43.9 Å². The van der Waals surface area contributed by atoms with Gasteiger partial charge in [-0.3, -0.25) is 9.59 Å². The van der Waals surface area contributed by atoms with Crippen molar-refractivity contribution in [1.29, 1.82) is 0 Å². The number of carbonyl (C=O) groups excluding carboxylic acids is 2. The zero-order valence-electron chi connectivity index (χ0n) is 19.0. The molecule has 1 aliphatic heterocycles. The van der Waals surface area contributed by atoms with Crippen LogP contribution in [-0.2, 0) is 14.3 Å². The van der Waals surface area contributed by atoms with E-state index in [0.717, 1.165) is 35.1 Å². The molecule has 180 valence electrons. The Bertz CT molecular complexity index is 1010. The monoisotopic (exact) mass is 466 g/mol. The number of carboxylic acid groups (broad SMARTS) is 1. The SMILES string of the molecule is O=C(O)C[C@H]1CCCCN1C(=O)CC(O)CNC(=O)OCC1c2ccccc2-c2ccccc21. The number of aliphatic carboxylic acids is 1. The fourth-order valence-electron chi connectivity index (χ4n) is 4.98. The number of ether oxygens (including phenoxy) is 1. The van der Waals surface area contributed by atoms with Crippen molar-refractivity contribution in [2.75, 3.05) is 19.7 Å². The quantitative estimate of drug-likeness (QED) is 0.550. The summed E-state index contributed by atoms with van der Waals surface area (Å²) in [5, 5.41) is 21.9. The third kappa shape index (κ3) is 5.39. The maximum atomic E-state index is 12.6. The Morgan fingerprint density at radius 3 is 2.32 bits per heavy atom. The minimum absolute atomic E-state index is 0.0603. The van der Waals surface area contributed by atoms with Gasteiger partial charge < -0.3 is 25.2 Å². The van der Waals surface area contributed by atoms with Gasteiger partial charge in [-0.05, 0) is 41.5 Å². The number of carbonyl (C=O) groups is 3. The van der Waals surface area contributed by atoms with Gasteiger partial charge in [-0.25, -0.2) is 4.79 Å². The van der Waals surface area contributed by atoms with Gasteiger partial charge in [-0.1, -0.05) is 48.5 Å². The molecule has 2 aromatic rings. The lowest BCUT2D eigenvalue weighted by Crippen LogP contribution is -2.46. The van der Waals surface area contributed by atoms with Crippen molar-refractivity contribution in [2.45, 2.75) is 50.2 Å². The van der Waals surface area contributed by atoms with Gasteiger partial charge in [-0.2, -0.15) is 0 Å². The normalized spacial score (nSPS) is 18.0. The van der Waals surface area contributed by atoms with Gasteiger partial charge in [0.2, 0.25) is 5.91 Å². The fourth-order valence-corrected chi connectivity index (χ4v) is 4.98. The number of nitrogens with one attached hydrogen (secondary N) is 1. The van der Waals surface area contributed by atoms with E-state index >= 15 is 0 Å². The lowest BCUT2D eigenvalue weighted by Gasteiger charge is -2.35. The summed E-state index contributed by atoms with van der Waals surface area (Å²) in [6, 6.07) is 15.8. The molecular formula is C26H30N2O6. The number of piperidine rings is 1. The first-order valence-electron chi connectivity index (χ1n) is 11.7. The summed E-state index contributed by atoms with van der Waals surface area (Å²) in [5.41, 5.74) is 4.50. The first-order chi connectivity index (χ1) is 16.4. The molecule has 1 unspecified atom stereocenters. The summed E-state index contributed by atoms with van der Waals surface area (Å²) in [5.74, 6) is -1.30. The summed E-state index contributed by atoms with van der Waals surface area (Å²) in [6.07, 6.45) is 0.324. The number of alkyl carbamates (subject to hydrolysis) is 1. The Labute approximate surface area is 198 Å². The number of hydrogen-bond acceptors (Lipinski definition) is 5. The molecule has 0 aromatic heterocycles. The molecule has 0 saturated carbocycles. The van der Waals surface area contributed by atoms with E-state index in [9.17, 15) is 19.5 Å². The van der Waals surface area contributed by atoms with Crippen LogP contribution in [0, 0.1) is 0 Å². The largest absolute Gasteiger partial charge is 0.481 e. The molecule has 1 aliphatic carbocycles. The molecule has 4 rings (SSSR count). The van der Waals surface area contributed by atoms with Crippen molar-refractivity contribution in [3.8, 4) is 11.1 Å². The third-order valence-corrected chi connectivity index (χ3v) is 6.59. The van der Waals surface area contributed by atoms with E-state index < -0.39 is 18.2 Å². The van der Waals surface area contributed by atoms with Gasteiger partial charge in [0, 0.05) is 25.0 Å². The number of fused-ring (bicyclic) bond motifs is 3. The van der Waals surface area contributed by atoms with Gasteiger partial charge >= 0.3 is 12.1 Å². The Balaban J connectivity index is 1.26. The standard InChI is InChI=1S/C26H30N2O6/c29-18(14-24(30)28-12-6-5-7-17(28)13-25(31)32)15-27-26(33)34-16-23-21-10-3-1-8-19(21)20-9-2-4-11-22(20)23/h1-4,8-11,17-18,23,29H,5-7,12-16H2,(H,27,33)(H,31,32)/t17-,18?/m1/s1. The first kappa shape index (κ1) is 23.8. The summed E-state index contributed by atoms with van der Waals surface area (Å²) in [7, 11) is 0. The van der Waals surface area contributed by atoms with E-state index in [4.69, 9.17) is 9.84 Å². The second kappa shape index (κ2) is 10.7. The molecule has 3 N–H and O–H groups in total. The van der Waals surface area contributed by atoms with Crippen LogP contribution >= 0.6 is 0 Å². The second-order valence-electron chi connectivity index (χ2n) is 8.90. The van der Waals surface area contributed by atoms with Gasteiger partial charge in [0.1, 0.15) is 6.61 Å². The molecule has 2 amide bonds. The van der Waals surface area contributed by atoms with E-state index in [2.05, 4.69) is 17.4 Å². The third-order valence-electron chi connectivity index (χ3n) is 6.59. The van der Waals surface area contributed by atoms with Crippen LogP contribution in [0.3, 0.4) is 0 Å². The summed E-state index contributed by atoms with van der Waals surface area (Å²) < 4.78 is 5.45. The summed E-state index contributed by atoms with van der Waals surface area (Å²) >= 11 is 0. The Morgan fingerprint density at radius 2 is 1.68 bits per heavy atom. The smallest absolute Gasteiger partial charge is 0.407 e. The van der Waals surface area contributed by atoms with Crippen LogP contribution in [0.2, 0.25) is 0 Å². The minimum Gasteiger partial charge on any atom is -0.481 e. The molecule has 2 aliphatic rings. The number of nitrogens with zero attached hydrogens (tertiary/aromatic N) is 1. The molecule has 1 saturated heterocycles. The lowest BCUT2D eigenvalue weighted by molar-refractivity contribution is -0.142. The number of rotatable bonds is 8. The van der Waals surface area contributed by atoms with Gasteiger partial charge in [0.15, 0.2) is 0 Å². The highest BCUT2D eigenvalue weighted by Gasteiger charge is 2.30. The van der Waals surface area contributed by atoms with Crippen molar-refractivity contribution in [2.24, 2.45) is 0 Å². The second-order valence-corrected chi connectivity index (χ2v) is 8.90. The first-order valence-corrected chi connectivity index (χ1v) is 11.7. The van der Waals surface area contributed by atoms with Crippen molar-refractivity contribution in [3.05, 3.63) is 59.7 Å². The van der Waals surface area contributed by atoms with Crippen LogP contribution < -0.4 is 5.32 Å². The number of likely N-dealkylation sites (tertiary alicyclic amines) is 1. The van der Waals surface area contributed by atoms with E-state index in [0.29, 0.717) is 13.0 Å². The Hall–Kier alpha value is -3.39. The van der Waals surface area contributed by atoms with Crippen molar-refractivity contribution < 1.29 is 29.3 Å². The summed E-state index contributed by atoms with van der Waals surface area (Å²) in [6.45, 7) is 0.530. The molecule has 34 heavy (non-hydrogen) atoms.